The van der Waals surface area contributed by atoms with Crippen LogP contribution in [0.5, 0.6) is 0 Å². The molecule has 3 atom stereocenters. The minimum Gasteiger partial charge on any atom is -0.481 e. The number of rotatable bonds is 9. The highest BCUT2D eigenvalue weighted by Gasteiger charge is 2.31. The van der Waals surface area contributed by atoms with E-state index in [0.717, 1.165) is 24.0 Å². The smallest absolute Gasteiger partial charge is 0.407 e. The lowest BCUT2D eigenvalue weighted by atomic mass is 9.98. The molecular formula is C28H34N2O5. The lowest BCUT2D eigenvalue weighted by Crippen LogP contribution is -2.44. The lowest BCUT2D eigenvalue weighted by molar-refractivity contribution is -0.138. The number of alkyl carbamates (subject to hydrolysis) is 1. The molecule has 7 heteroatoms. The van der Waals surface area contributed by atoms with Crippen LogP contribution in [0, 0.1) is 11.8 Å². The zero-order chi connectivity index (χ0) is 24.9. The third kappa shape index (κ3) is 6.02. The van der Waals surface area contributed by atoms with E-state index in [1.54, 1.807) is 0 Å². The van der Waals surface area contributed by atoms with E-state index < -0.39 is 12.1 Å². The Hall–Kier alpha value is -3.35. The minimum absolute atomic E-state index is 0.00545. The summed E-state index contributed by atoms with van der Waals surface area (Å²) in [5.74, 6) is -0.796. The SMILES string of the molecule is CC(C)[C@@H](CC(=O)N[C@@H]1CC[C@H](CC(=O)O)C1)NC(=O)OCC1c2ccccc2-c2ccccc21. The number of carbonyl (C=O) groups excluding carboxylic acids is 2. The van der Waals surface area contributed by atoms with E-state index in [9.17, 15) is 14.4 Å². The minimum atomic E-state index is -0.797. The molecule has 0 aromatic heterocycles. The van der Waals surface area contributed by atoms with Gasteiger partial charge in [-0.3, -0.25) is 9.59 Å². The van der Waals surface area contributed by atoms with Crippen LogP contribution >= 0.6 is 0 Å². The van der Waals surface area contributed by atoms with Crippen molar-refractivity contribution in [2.45, 2.75) is 64.0 Å². The van der Waals surface area contributed by atoms with E-state index in [-0.39, 0.29) is 55.2 Å². The highest BCUT2D eigenvalue weighted by molar-refractivity contribution is 5.80. The number of hydrogen-bond acceptors (Lipinski definition) is 4. The Morgan fingerprint density at radius 1 is 1.00 bits per heavy atom. The van der Waals surface area contributed by atoms with Crippen LogP contribution < -0.4 is 10.6 Å². The fraction of sp³-hybridized carbons (Fsp3) is 0.464. The van der Waals surface area contributed by atoms with Crippen molar-refractivity contribution in [2.24, 2.45) is 11.8 Å². The van der Waals surface area contributed by atoms with Gasteiger partial charge < -0.3 is 20.5 Å². The topological polar surface area (TPSA) is 105 Å². The summed E-state index contributed by atoms with van der Waals surface area (Å²) < 4.78 is 5.65. The predicted molar refractivity (Wildman–Crippen MR) is 133 cm³/mol. The van der Waals surface area contributed by atoms with Crippen molar-refractivity contribution in [3.63, 3.8) is 0 Å². The van der Waals surface area contributed by atoms with Gasteiger partial charge in [0.15, 0.2) is 0 Å². The summed E-state index contributed by atoms with van der Waals surface area (Å²) in [6, 6.07) is 16.0. The molecule has 0 aliphatic heterocycles. The van der Waals surface area contributed by atoms with Gasteiger partial charge >= 0.3 is 12.1 Å². The maximum atomic E-state index is 12.7. The van der Waals surface area contributed by atoms with Crippen LogP contribution in [0.4, 0.5) is 4.79 Å². The van der Waals surface area contributed by atoms with E-state index in [2.05, 4.69) is 34.9 Å². The molecule has 0 unspecified atom stereocenters. The number of hydrogen-bond donors (Lipinski definition) is 3. The summed E-state index contributed by atoms with van der Waals surface area (Å²) in [7, 11) is 0. The first-order chi connectivity index (χ1) is 16.8. The summed E-state index contributed by atoms with van der Waals surface area (Å²) in [6.45, 7) is 4.14. The molecule has 0 bridgehead atoms. The molecule has 1 fully saturated rings. The van der Waals surface area contributed by atoms with Crippen molar-refractivity contribution in [2.75, 3.05) is 6.61 Å². The van der Waals surface area contributed by atoms with Gasteiger partial charge in [0, 0.05) is 30.8 Å². The van der Waals surface area contributed by atoms with Gasteiger partial charge in [0.25, 0.3) is 0 Å². The Balaban J connectivity index is 1.30. The lowest BCUT2D eigenvalue weighted by Gasteiger charge is -2.23. The summed E-state index contributed by atoms with van der Waals surface area (Å²) in [4.78, 5) is 36.3. The van der Waals surface area contributed by atoms with Crippen LogP contribution in [0.2, 0.25) is 0 Å². The largest absolute Gasteiger partial charge is 0.481 e. The van der Waals surface area contributed by atoms with Gasteiger partial charge in [0.1, 0.15) is 6.61 Å². The van der Waals surface area contributed by atoms with Gasteiger partial charge in [0.2, 0.25) is 5.91 Å². The molecule has 2 aromatic rings. The molecule has 0 radical (unpaired) electrons. The molecule has 7 nitrogen and oxygen atoms in total. The number of amides is 2. The number of ether oxygens (including phenoxy) is 1. The van der Waals surface area contributed by atoms with Crippen LogP contribution in [-0.4, -0.2) is 41.8 Å². The third-order valence-corrected chi connectivity index (χ3v) is 7.23. The third-order valence-electron chi connectivity index (χ3n) is 7.23. The second-order valence-electron chi connectivity index (χ2n) is 10.1. The van der Waals surface area contributed by atoms with Gasteiger partial charge in [0.05, 0.1) is 0 Å². The summed E-state index contributed by atoms with van der Waals surface area (Å²) in [5.41, 5.74) is 4.65. The normalized spacial score (nSPS) is 19.6. The van der Waals surface area contributed by atoms with Crippen LogP contribution in [0.15, 0.2) is 48.5 Å². The molecule has 2 amide bonds. The summed E-state index contributed by atoms with van der Waals surface area (Å²) in [5, 5.41) is 14.9. The number of nitrogens with one attached hydrogen (secondary N) is 2. The molecule has 2 aliphatic rings. The van der Waals surface area contributed by atoms with Crippen molar-refractivity contribution in [3.05, 3.63) is 59.7 Å². The maximum absolute atomic E-state index is 12.7. The standard InChI is InChI=1S/C28H34N2O5/c1-17(2)25(15-26(31)29-19-12-11-18(13-19)14-27(32)33)30-28(34)35-16-24-22-9-5-3-7-20(22)21-8-4-6-10-23(21)24/h3-10,17-19,24-25H,11-16H2,1-2H3,(H,29,31)(H,30,34)(H,32,33)/t18-,19+,25+/m0/s1. The Kier molecular flexibility index (Phi) is 7.73. The van der Waals surface area contributed by atoms with Crippen LogP contribution in [-0.2, 0) is 14.3 Å². The van der Waals surface area contributed by atoms with E-state index in [1.165, 1.54) is 11.1 Å². The second-order valence-corrected chi connectivity index (χ2v) is 10.1. The van der Waals surface area contributed by atoms with Crippen molar-refractivity contribution < 1.29 is 24.2 Å². The van der Waals surface area contributed by atoms with E-state index in [4.69, 9.17) is 9.84 Å². The maximum Gasteiger partial charge on any atom is 0.407 e. The molecule has 0 saturated heterocycles. The quantitative estimate of drug-likeness (QED) is 0.485. The van der Waals surface area contributed by atoms with Crippen molar-refractivity contribution in [1.29, 1.82) is 0 Å². The first-order valence-corrected chi connectivity index (χ1v) is 12.4. The summed E-state index contributed by atoms with van der Waals surface area (Å²) >= 11 is 0. The Bertz CT molecular complexity index is 1040. The number of aliphatic carboxylic acids is 1. The zero-order valence-electron chi connectivity index (χ0n) is 20.3. The van der Waals surface area contributed by atoms with Gasteiger partial charge in [-0.25, -0.2) is 4.79 Å². The van der Waals surface area contributed by atoms with E-state index >= 15 is 0 Å². The first kappa shape index (κ1) is 24.8. The van der Waals surface area contributed by atoms with E-state index in [1.807, 2.05) is 38.1 Å². The zero-order valence-corrected chi connectivity index (χ0v) is 20.3. The molecular weight excluding hydrogens is 444 g/mol. The molecule has 35 heavy (non-hydrogen) atoms. The van der Waals surface area contributed by atoms with Crippen LogP contribution in [0.1, 0.15) is 63.0 Å². The number of carboxylic acid groups (broad SMARTS) is 1. The van der Waals surface area contributed by atoms with Gasteiger partial charge in [-0.15, -0.1) is 0 Å². The van der Waals surface area contributed by atoms with Crippen molar-refractivity contribution in [1.82, 2.24) is 10.6 Å². The second kappa shape index (κ2) is 10.9. The number of benzene rings is 2. The predicted octanol–water partition coefficient (Wildman–Crippen LogP) is 4.70. The fourth-order valence-corrected chi connectivity index (χ4v) is 5.37. The van der Waals surface area contributed by atoms with E-state index in [0.29, 0.717) is 6.42 Å². The average molecular weight is 479 g/mol. The molecule has 3 N–H and O–H groups in total. The fourth-order valence-electron chi connectivity index (χ4n) is 5.37. The Morgan fingerprint density at radius 3 is 2.23 bits per heavy atom. The molecule has 186 valence electrons. The number of carboxylic acids is 1. The number of carbonyl (C=O) groups is 3. The highest BCUT2D eigenvalue weighted by atomic mass is 16.5. The van der Waals surface area contributed by atoms with Crippen molar-refractivity contribution >= 4 is 18.0 Å². The van der Waals surface area contributed by atoms with Gasteiger partial charge in [-0.2, -0.15) is 0 Å². The average Bonchev–Trinajstić information content (AvgIpc) is 3.38. The Labute approximate surface area is 206 Å². The van der Waals surface area contributed by atoms with Gasteiger partial charge in [-0.1, -0.05) is 62.4 Å². The highest BCUT2D eigenvalue weighted by Crippen LogP contribution is 2.44. The summed E-state index contributed by atoms with van der Waals surface area (Å²) in [6.07, 6.45) is 2.05. The van der Waals surface area contributed by atoms with Crippen LogP contribution in [0.25, 0.3) is 11.1 Å². The molecule has 2 aromatic carbocycles. The molecule has 1 saturated carbocycles. The Morgan fingerprint density at radius 2 is 1.63 bits per heavy atom. The number of fused-ring (bicyclic) bond motifs is 3. The van der Waals surface area contributed by atoms with Crippen LogP contribution in [0.3, 0.4) is 0 Å². The first-order valence-electron chi connectivity index (χ1n) is 12.4. The van der Waals surface area contributed by atoms with Crippen molar-refractivity contribution in [3.8, 4) is 11.1 Å². The molecule has 0 heterocycles. The molecule has 4 rings (SSSR count). The van der Waals surface area contributed by atoms with Gasteiger partial charge in [-0.05, 0) is 53.4 Å². The molecule has 0 spiro atoms. The monoisotopic (exact) mass is 478 g/mol. The molecule has 2 aliphatic carbocycles.